The Morgan fingerprint density at radius 3 is 2.23 bits per heavy atom. The number of hydrogen-bond acceptors (Lipinski definition) is 3. The fourth-order valence-corrected chi connectivity index (χ4v) is 4.42. The van der Waals surface area contributed by atoms with Crippen LogP contribution in [0.4, 0.5) is 14.5 Å². The average Bonchev–Trinajstić information content (AvgIpc) is 2.65. The van der Waals surface area contributed by atoms with E-state index in [0.717, 1.165) is 31.4 Å². The third-order valence-electron chi connectivity index (χ3n) is 4.25. The van der Waals surface area contributed by atoms with Crippen molar-refractivity contribution in [2.45, 2.75) is 24.2 Å². The van der Waals surface area contributed by atoms with Gasteiger partial charge < -0.3 is 5.32 Å². The third kappa shape index (κ3) is 3.76. The highest BCUT2D eigenvalue weighted by molar-refractivity contribution is 7.89. The van der Waals surface area contributed by atoms with Gasteiger partial charge in [-0.25, -0.2) is 17.2 Å². The first-order valence-electron chi connectivity index (χ1n) is 8.25. The smallest absolute Gasteiger partial charge is 0.255 e. The Labute approximate surface area is 150 Å². The van der Waals surface area contributed by atoms with Crippen LogP contribution in [0, 0.1) is 11.6 Å². The Morgan fingerprint density at radius 2 is 1.58 bits per heavy atom. The first kappa shape index (κ1) is 18.5. The van der Waals surface area contributed by atoms with Crippen molar-refractivity contribution in [3.8, 4) is 0 Å². The largest absolute Gasteiger partial charge is 0.317 e. The van der Waals surface area contributed by atoms with E-state index in [1.807, 2.05) is 0 Å². The van der Waals surface area contributed by atoms with Gasteiger partial charge in [-0.1, -0.05) is 18.6 Å². The van der Waals surface area contributed by atoms with E-state index < -0.39 is 33.3 Å². The molecule has 0 unspecified atom stereocenters. The molecule has 1 aliphatic heterocycles. The van der Waals surface area contributed by atoms with E-state index in [0.29, 0.717) is 13.1 Å². The maximum absolute atomic E-state index is 13.7. The lowest BCUT2D eigenvalue weighted by Gasteiger charge is -2.26. The van der Waals surface area contributed by atoms with E-state index in [1.165, 1.54) is 34.6 Å². The molecule has 138 valence electrons. The normalized spacial score (nSPS) is 15.6. The fraction of sp³-hybridized carbons (Fsp3) is 0.278. The molecule has 1 heterocycles. The first-order chi connectivity index (χ1) is 12.4. The molecule has 0 radical (unpaired) electrons. The molecule has 8 heteroatoms. The van der Waals surface area contributed by atoms with Gasteiger partial charge in [-0.2, -0.15) is 4.31 Å². The molecule has 3 rings (SSSR count). The second-order valence-corrected chi connectivity index (χ2v) is 7.98. The number of sulfonamides is 1. The monoisotopic (exact) mass is 380 g/mol. The van der Waals surface area contributed by atoms with E-state index in [9.17, 15) is 22.0 Å². The predicted octanol–water partition coefficient (Wildman–Crippen LogP) is 3.39. The SMILES string of the molecule is O=C(Nc1c(F)cccc1F)c1cccc(S(=O)(=O)N2CCCCC2)c1. The van der Waals surface area contributed by atoms with Crippen LogP contribution in [0.25, 0.3) is 0 Å². The predicted molar refractivity (Wildman–Crippen MR) is 93.4 cm³/mol. The van der Waals surface area contributed by atoms with Crippen molar-refractivity contribution >= 4 is 21.6 Å². The van der Waals surface area contributed by atoms with Gasteiger partial charge >= 0.3 is 0 Å². The highest BCUT2D eigenvalue weighted by Crippen LogP contribution is 2.23. The summed E-state index contributed by atoms with van der Waals surface area (Å²) in [6.07, 6.45) is 2.58. The molecule has 0 aliphatic carbocycles. The van der Waals surface area contributed by atoms with Gasteiger partial charge in [0.25, 0.3) is 5.91 Å². The summed E-state index contributed by atoms with van der Waals surface area (Å²) in [5.41, 5.74) is -0.562. The number of benzene rings is 2. The number of amides is 1. The van der Waals surface area contributed by atoms with Crippen LogP contribution < -0.4 is 5.32 Å². The second kappa shape index (κ2) is 7.51. The van der Waals surface area contributed by atoms with Crippen molar-refractivity contribution in [1.82, 2.24) is 4.31 Å². The number of rotatable bonds is 4. The Hall–Kier alpha value is -2.32. The minimum absolute atomic E-state index is 0.00531. The molecule has 0 bridgehead atoms. The number of hydrogen-bond donors (Lipinski definition) is 1. The van der Waals surface area contributed by atoms with Crippen molar-refractivity contribution in [3.05, 3.63) is 59.7 Å². The van der Waals surface area contributed by atoms with Gasteiger partial charge in [-0.15, -0.1) is 0 Å². The maximum atomic E-state index is 13.7. The Morgan fingerprint density at radius 1 is 0.962 bits per heavy atom. The summed E-state index contributed by atoms with van der Waals surface area (Å²) in [6, 6.07) is 8.69. The molecule has 0 aromatic heterocycles. The van der Waals surface area contributed by atoms with Crippen molar-refractivity contribution in [1.29, 1.82) is 0 Å². The molecule has 1 aliphatic rings. The molecule has 1 saturated heterocycles. The molecule has 5 nitrogen and oxygen atoms in total. The molecule has 1 fully saturated rings. The average molecular weight is 380 g/mol. The molecule has 2 aromatic rings. The molecule has 1 amide bonds. The standard InChI is InChI=1S/C18H18F2N2O3S/c19-15-8-5-9-16(20)17(15)21-18(23)13-6-4-7-14(12-13)26(24,25)22-10-2-1-3-11-22/h4-9,12H,1-3,10-11H2,(H,21,23). The topological polar surface area (TPSA) is 66.5 Å². The Kier molecular flexibility index (Phi) is 5.33. The summed E-state index contributed by atoms with van der Waals surface area (Å²) in [5.74, 6) is -2.60. The number of para-hydroxylation sites is 1. The molecule has 0 spiro atoms. The van der Waals surface area contributed by atoms with Gasteiger partial charge in [0.2, 0.25) is 10.0 Å². The van der Waals surface area contributed by atoms with Crippen LogP contribution in [0.5, 0.6) is 0 Å². The van der Waals surface area contributed by atoms with Crippen LogP contribution in [0.1, 0.15) is 29.6 Å². The summed E-state index contributed by atoms with van der Waals surface area (Å²) in [5, 5.41) is 2.16. The number of nitrogens with one attached hydrogen (secondary N) is 1. The summed E-state index contributed by atoms with van der Waals surface area (Å²) in [4.78, 5) is 12.3. The number of nitrogens with zero attached hydrogens (tertiary/aromatic N) is 1. The lowest BCUT2D eigenvalue weighted by molar-refractivity contribution is 0.102. The minimum atomic E-state index is -3.70. The zero-order valence-electron chi connectivity index (χ0n) is 13.9. The summed E-state index contributed by atoms with van der Waals surface area (Å²) >= 11 is 0. The van der Waals surface area contributed by atoms with Crippen LogP contribution in [-0.4, -0.2) is 31.7 Å². The molecule has 2 aromatic carbocycles. The van der Waals surface area contributed by atoms with Crippen LogP contribution in [0.2, 0.25) is 0 Å². The van der Waals surface area contributed by atoms with Gasteiger partial charge in [0.1, 0.15) is 17.3 Å². The van der Waals surface area contributed by atoms with Crippen molar-refractivity contribution in [3.63, 3.8) is 0 Å². The first-order valence-corrected chi connectivity index (χ1v) is 9.69. The molecule has 1 N–H and O–H groups in total. The third-order valence-corrected chi connectivity index (χ3v) is 6.14. The van der Waals surface area contributed by atoms with Gasteiger partial charge in [0.05, 0.1) is 4.90 Å². The van der Waals surface area contributed by atoms with E-state index in [-0.39, 0.29) is 10.5 Å². The fourth-order valence-electron chi connectivity index (χ4n) is 2.86. The van der Waals surface area contributed by atoms with E-state index in [1.54, 1.807) is 0 Å². The quantitative estimate of drug-likeness (QED) is 0.884. The molecule has 0 atom stereocenters. The number of carbonyl (C=O) groups excluding carboxylic acids is 1. The molecular weight excluding hydrogens is 362 g/mol. The molecule has 26 heavy (non-hydrogen) atoms. The van der Waals surface area contributed by atoms with Gasteiger partial charge in [-0.3, -0.25) is 4.79 Å². The van der Waals surface area contributed by atoms with Gasteiger partial charge in [-0.05, 0) is 43.2 Å². The molecule has 0 saturated carbocycles. The highest BCUT2D eigenvalue weighted by atomic mass is 32.2. The van der Waals surface area contributed by atoms with Crippen molar-refractivity contribution < 1.29 is 22.0 Å². The Bertz CT molecular complexity index is 906. The van der Waals surface area contributed by atoms with Gasteiger partial charge in [0.15, 0.2) is 0 Å². The van der Waals surface area contributed by atoms with Crippen molar-refractivity contribution in [2.75, 3.05) is 18.4 Å². The lowest BCUT2D eigenvalue weighted by atomic mass is 10.2. The summed E-state index contributed by atoms with van der Waals surface area (Å²) in [7, 11) is -3.70. The maximum Gasteiger partial charge on any atom is 0.255 e. The van der Waals surface area contributed by atoms with Crippen LogP contribution in [0.15, 0.2) is 47.4 Å². The van der Waals surface area contributed by atoms with Gasteiger partial charge in [0, 0.05) is 18.7 Å². The summed E-state index contributed by atoms with van der Waals surface area (Å²) in [6.45, 7) is 0.887. The number of piperidine rings is 1. The Balaban J connectivity index is 1.86. The highest BCUT2D eigenvalue weighted by Gasteiger charge is 2.26. The lowest BCUT2D eigenvalue weighted by Crippen LogP contribution is -2.35. The second-order valence-electron chi connectivity index (χ2n) is 6.04. The number of halogens is 2. The zero-order valence-corrected chi connectivity index (χ0v) is 14.7. The van der Waals surface area contributed by atoms with E-state index >= 15 is 0 Å². The number of anilines is 1. The summed E-state index contributed by atoms with van der Waals surface area (Å²) < 4.78 is 54.2. The van der Waals surface area contributed by atoms with Crippen LogP contribution in [0.3, 0.4) is 0 Å². The number of carbonyl (C=O) groups is 1. The van der Waals surface area contributed by atoms with E-state index in [4.69, 9.17) is 0 Å². The minimum Gasteiger partial charge on any atom is -0.317 e. The van der Waals surface area contributed by atoms with Crippen LogP contribution >= 0.6 is 0 Å². The van der Waals surface area contributed by atoms with Crippen molar-refractivity contribution in [2.24, 2.45) is 0 Å². The van der Waals surface area contributed by atoms with Crippen LogP contribution in [-0.2, 0) is 10.0 Å². The molecular formula is C18H18F2N2O3S. The van der Waals surface area contributed by atoms with E-state index in [2.05, 4.69) is 5.32 Å². The zero-order chi connectivity index (χ0) is 18.7.